The molecule has 142 valence electrons. The molecule has 0 aliphatic carbocycles. The van der Waals surface area contributed by atoms with Gasteiger partial charge < -0.3 is 14.2 Å². The van der Waals surface area contributed by atoms with Crippen molar-refractivity contribution in [1.82, 2.24) is 9.88 Å². The highest BCUT2D eigenvalue weighted by atomic mass is 35.5. The van der Waals surface area contributed by atoms with Crippen molar-refractivity contribution in [1.29, 1.82) is 0 Å². The van der Waals surface area contributed by atoms with Crippen LogP contribution in [0.3, 0.4) is 0 Å². The second-order valence-electron chi connectivity index (χ2n) is 6.52. The molecule has 4 rings (SSSR count). The van der Waals surface area contributed by atoms with E-state index in [2.05, 4.69) is 4.98 Å². The van der Waals surface area contributed by atoms with Gasteiger partial charge in [-0.05, 0) is 31.2 Å². The maximum Gasteiger partial charge on any atom is 0.316 e. The first-order valence-corrected chi connectivity index (χ1v) is 9.29. The third-order valence-electron chi connectivity index (χ3n) is 4.71. The minimum atomic E-state index is -0.594. The first-order chi connectivity index (χ1) is 13.5. The summed E-state index contributed by atoms with van der Waals surface area (Å²) >= 11 is 6.18. The Labute approximate surface area is 167 Å². The summed E-state index contributed by atoms with van der Waals surface area (Å²) in [5.74, 6) is -0.0344. The van der Waals surface area contributed by atoms with Gasteiger partial charge in [-0.3, -0.25) is 9.59 Å². The van der Waals surface area contributed by atoms with Crippen molar-refractivity contribution in [3.05, 3.63) is 71.1 Å². The summed E-state index contributed by atoms with van der Waals surface area (Å²) in [6.45, 7) is 2.80. The molecule has 0 N–H and O–H groups in total. The predicted molar refractivity (Wildman–Crippen MR) is 106 cm³/mol. The van der Waals surface area contributed by atoms with E-state index in [0.29, 0.717) is 41.1 Å². The van der Waals surface area contributed by atoms with E-state index in [1.807, 2.05) is 30.3 Å². The SMILES string of the molecule is Cc1oc(-c2ccccc2)nc1CN1CCN(c2ccccc2Cl)C(=O)C1=O. The predicted octanol–water partition coefficient (Wildman–Crippen LogP) is 3.68. The number of aryl methyl sites for hydroxylation is 1. The quantitative estimate of drug-likeness (QED) is 0.632. The number of nitrogens with zero attached hydrogens (tertiary/aromatic N) is 3. The third-order valence-corrected chi connectivity index (χ3v) is 5.03. The Morgan fingerprint density at radius 3 is 2.46 bits per heavy atom. The van der Waals surface area contributed by atoms with Crippen LogP contribution in [-0.4, -0.2) is 34.8 Å². The van der Waals surface area contributed by atoms with E-state index in [1.165, 1.54) is 9.80 Å². The lowest BCUT2D eigenvalue weighted by atomic mass is 10.2. The molecule has 3 aromatic rings. The van der Waals surface area contributed by atoms with Crippen LogP contribution in [0.2, 0.25) is 5.02 Å². The van der Waals surface area contributed by atoms with Crippen LogP contribution in [-0.2, 0) is 16.1 Å². The van der Waals surface area contributed by atoms with Crippen LogP contribution in [0.15, 0.2) is 59.0 Å². The Balaban J connectivity index is 1.52. The highest BCUT2D eigenvalue weighted by Gasteiger charge is 2.34. The van der Waals surface area contributed by atoms with Crippen molar-refractivity contribution in [2.45, 2.75) is 13.5 Å². The number of oxazole rings is 1. The van der Waals surface area contributed by atoms with Crippen LogP contribution in [0.4, 0.5) is 5.69 Å². The maximum atomic E-state index is 12.6. The normalized spacial score (nSPS) is 14.6. The minimum absolute atomic E-state index is 0.225. The van der Waals surface area contributed by atoms with Gasteiger partial charge in [0.05, 0.1) is 17.3 Å². The number of aromatic nitrogens is 1. The lowest BCUT2D eigenvalue weighted by Gasteiger charge is -2.33. The van der Waals surface area contributed by atoms with Crippen LogP contribution in [0.5, 0.6) is 0 Å². The molecule has 0 spiro atoms. The summed E-state index contributed by atoms with van der Waals surface area (Å²) in [7, 11) is 0. The van der Waals surface area contributed by atoms with Gasteiger partial charge in [-0.25, -0.2) is 4.98 Å². The average molecular weight is 396 g/mol. The Kier molecular flexibility index (Phi) is 4.88. The lowest BCUT2D eigenvalue weighted by molar-refractivity contribution is -0.146. The molecule has 0 unspecified atom stereocenters. The fraction of sp³-hybridized carbons (Fsp3) is 0.190. The number of rotatable bonds is 4. The fourth-order valence-corrected chi connectivity index (χ4v) is 3.42. The van der Waals surface area contributed by atoms with E-state index in [-0.39, 0.29) is 6.54 Å². The zero-order valence-electron chi connectivity index (χ0n) is 15.3. The molecule has 0 radical (unpaired) electrons. The third kappa shape index (κ3) is 3.39. The monoisotopic (exact) mass is 395 g/mol. The van der Waals surface area contributed by atoms with Crippen molar-refractivity contribution < 1.29 is 14.0 Å². The van der Waals surface area contributed by atoms with Gasteiger partial charge in [-0.2, -0.15) is 0 Å². The molecule has 6 nitrogen and oxygen atoms in total. The van der Waals surface area contributed by atoms with Crippen molar-refractivity contribution in [3.8, 4) is 11.5 Å². The lowest BCUT2D eigenvalue weighted by Crippen LogP contribution is -2.54. The number of amides is 2. The van der Waals surface area contributed by atoms with E-state index in [0.717, 1.165) is 5.56 Å². The van der Waals surface area contributed by atoms with Crippen LogP contribution in [0.1, 0.15) is 11.5 Å². The van der Waals surface area contributed by atoms with Gasteiger partial charge in [0.15, 0.2) is 0 Å². The summed E-state index contributed by atoms with van der Waals surface area (Å²) in [4.78, 5) is 32.7. The number of anilines is 1. The Bertz CT molecular complexity index is 1030. The molecule has 0 bridgehead atoms. The number of benzene rings is 2. The molecular weight excluding hydrogens is 378 g/mol. The fourth-order valence-electron chi connectivity index (χ4n) is 3.19. The zero-order chi connectivity index (χ0) is 19.7. The second kappa shape index (κ2) is 7.48. The summed E-state index contributed by atoms with van der Waals surface area (Å²) in [5.41, 5.74) is 2.06. The van der Waals surface area contributed by atoms with E-state index in [9.17, 15) is 9.59 Å². The maximum absolute atomic E-state index is 12.6. The molecule has 2 aromatic carbocycles. The molecule has 1 aliphatic heterocycles. The highest BCUT2D eigenvalue weighted by molar-refractivity contribution is 6.42. The first-order valence-electron chi connectivity index (χ1n) is 8.91. The Morgan fingerprint density at radius 1 is 1.00 bits per heavy atom. The number of piperazine rings is 1. The number of carbonyl (C=O) groups excluding carboxylic acids is 2. The molecule has 2 heterocycles. The number of carbonyl (C=O) groups is 2. The molecule has 7 heteroatoms. The van der Waals surface area contributed by atoms with Crippen LogP contribution in [0.25, 0.3) is 11.5 Å². The van der Waals surface area contributed by atoms with Crippen LogP contribution in [0, 0.1) is 6.92 Å². The van der Waals surface area contributed by atoms with Gasteiger partial charge in [0, 0.05) is 18.7 Å². The Morgan fingerprint density at radius 2 is 1.71 bits per heavy atom. The van der Waals surface area contributed by atoms with E-state index in [4.69, 9.17) is 16.0 Å². The summed E-state index contributed by atoms with van der Waals surface area (Å²) in [5, 5.41) is 0.442. The summed E-state index contributed by atoms with van der Waals surface area (Å²) < 4.78 is 5.75. The van der Waals surface area contributed by atoms with E-state index >= 15 is 0 Å². The van der Waals surface area contributed by atoms with E-state index < -0.39 is 11.8 Å². The minimum Gasteiger partial charge on any atom is -0.441 e. The number of hydrogen-bond acceptors (Lipinski definition) is 4. The molecule has 0 atom stereocenters. The van der Waals surface area contributed by atoms with Crippen molar-refractivity contribution >= 4 is 29.1 Å². The number of para-hydroxylation sites is 1. The van der Waals surface area contributed by atoms with Crippen molar-refractivity contribution in [2.75, 3.05) is 18.0 Å². The van der Waals surface area contributed by atoms with Crippen LogP contribution < -0.4 is 4.90 Å². The molecule has 2 amide bonds. The first kappa shape index (κ1) is 18.3. The van der Waals surface area contributed by atoms with Gasteiger partial charge in [0.1, 0.15) is 11.5 Å². The average Bonchev–Trinajstić information content (AvgIpc) is 3.08. The molecule has 1 fully saturated rings. The largest absolute Gasteiger partial charge is 0.441 e. The smallest absolute Gasteiger partial charge is 0.316 e. The van der Waals surface area contributed by atoms with Gasteiger partial charge in [0.25, 0.3) is 0 Å². The molecule has 1 saturated heterocycles. The van der Waals surface area contributed by atoms with E-state index in [1.54, 1.807) is 31.2 Å². The molecule has 1 aromatic heterocycles. The number of hydrogen-bond donors (Lipinski definition) is 0. The van der Waals surface area contributed by atoms with Gasteiger partial charge in [-0.1, -0.05) is 41.9 Å². The topological polar surface area (TPSA) is 66.7 Å². The van der Waals surface area contributed by atoms with Crippen molar-refractivity contribution in [3.63, 3.8) is 0 Å². The second-order valence-corrected chi connectivity index (χ2v) is 6.93. The molecule has 1 aliphatic rings. The van der Waals surface area contributed by atoms with Gasteiger partial charge >= 0.3 is 11.8 Å². The highest BCUT2D eigenvalue weighted by Crippen LogP contribution is 2.28. The summed E-state index contributed by atoms with van der Waals surface area (Å²) in [6, 6.07) is 16.6. The molecule has 28 heavy (non-hydrogen) atoms. The Hall–Kier alpha value is -3.12. The zero-order valence-corrected chi connectivity index (χ0v) is 16.0. The number of halogens is 1. The summed E-state index contributed by atoms with van der Waals surface area (Å²) in [6.07, 6.45) is 0. The van der Waals surface area contributed by atoms with Crippen LogP contribution >= 0.6 is 11.6 Å². The standard InChI is InChI=1S/C21H18ClN3O3/c1-14-17(23-19(28-14)15-7-3-2-4-8-15)13-24-11-12-25(21(27)20(24)26)18-10-6-5-9-16(18)22/h2-10H,11-13H2,1H3. The van der Waals surface area contributed by atoms with Gasteiger partial charge in [0.2, 0.25) is 5.89 Å². The van der Waals surface area contributed by atoms with Crippen molar-refractivity contribution in [2.24, 2.45) is 0 Å². The molecule has 0 saturated carbocycles. The molecular formula is C21H18ClN3O3. The van der Waals surface area contributed by atoms with Gasteiger partial charge in [-0.15, -0.1) is 0 Å².